The van der Waals surface area contributed by atoms with Crippen LogP contribution >= 0.6 is 0 Å². The Balaban J connectivity index is 3.57. The maximum atomic E-state index is 10.4. The van der Waals surface area contributed by atoms with Gasteiger partial charge < -0.3 is 15.3 Å². The second kappa shape index (κ2) is 23.7. The van der Waals surface area contributed by atoms with Crippen molar-refractivity contribution >= 4 is 5.97 Å². The predicted molar refractivity (Wildman–Crippen MR) is 136 cm³/mol. The monoisotopic (exact) mass is 446 g/mol. The molecule has 32 heavy (non-hydrogen) atoms. The van der Waals surface area contributed by atoms with Crippen LogP contribution in [-0.4, -0.2) is 33.5 Å². The molecule has 0 heterocycles. The third-order valence-corrected chi connectivity index (χ3v) is 5.02. The van der Waals surface area contributed by atoms with Crippen molar-refractivity contribution < 1.29 is 20.1 Å². The molecule has 0 saturated heterocycles. The van der Waals surface area contributed by atoms with Crippen LogP contribution < -0.4 is 0 Å². The first-order valence-electron chi connectivity index (χ1n) is 12.4. The van der Waals surface area contributed by atoms with Gasteiger partial charge in [0.15, 0.2) is 0 Å². The maximum absolute atomic E-state index is 10.4. The number of carboxylic acids is 1. The van der Waals surface area contributed by atoms with Crippen LogP contribution in [0.3, 0.4) is 0 Å². The van der Waals surface area contributed by atoms with E-state index in [1.54, 1.807) is 12.2 Å². The van der Waals surface area contributed by atoms with Gasteiger partial charge in [0, 0.05) is 6.42 Å². The van der Waals surface area contributed by atoms with Gasteiger partial charge >= 0.3 is 5.97 Å². The summed E-state index contributed by atoms with van der Waals surface area (Å²) in [5.41, 5.74) is 0. The number of unbranched alkanes of at least 4 members (excludes halogenated alkanes) is 6. The summed E-state index contributed by atoms with van der Waals surface area (Å²) in [7, 11) is 0. The number of allylic oxidation sites excluding steroid dienone is 7. The number of aliphatic hydroxyl groups excluding tert-OH is 2. The van der Waals surface area contributed by atoms with Crippen molar-refractivity contribution in [3.63, 3.8) is 0 Å². The first-order chi connectivity index (χ1) is 15.6. The quantitative estimate of drug-likeness (QED) is 0.130. The highest BCUT2D eigenvalue weighted by Crippen LogP contribution is 2.09. The lowest BCUT2D eigenvalue weighted by atomic mass is 10.1. The van der Waals surface area contributed by atoms with Gasteiger partial charge in [0.05, 0.1) is 12.2 Å². The Morgan fingerprint density at radius 2 is 1.25 bits per heavy atom. The summed E-state index contributed by atoms with van der Waals surface area (Å²) in [6, 6.07) is 0. The van der Waals surface area contributed by atoms with Gasteiger partial charge in [-0.25, -0.2) is 0 Å². The molecular formula is C28H46O4. The van der Waals surface area contributed by atoms with Gasteiger partial charge in [-0.15, -0.1) is 0 Å². The Morgan fingerprint density at radius 1 is 0.719 bits per heavy atom. The lowest BCUT2D eigenvalue weighted by Crippen LogP contribution is -2.04. The molecule has 0 fully saturated rings. The number of hydrogen-bond donors (Lipinski definition) is 3. The van der Waals surface area contributed by atoms with Crippen molar-refractivity contribution in [3.05, 3.63) is 60.8 Å². The maximum Gasteiger partial charge on any atom is 0.303 e. The molecule has 0 aliphatic heterocycles. The van der Waals surface area contributed by atoms with Crippen LogP contribution in [0.2, 0.25) is 0 Å². The van der Waals surface area contributed by atoms with Gasteiger partial charge in [0.25, 0.3) is 0 Å². The second-order valence-corrected chi connectivity index (χ2v) is 8.20. The molecule has 0 aliphatic carbocycles. The molecule has 0 saturated carbocycles. The van der Waals surface area contributed by atoms with Gasteiger partial charge in [-0.05, 0) is 51.4 Å². The molecule has 0 spiro atoms. The number of rotatable bonds is 21. The Labute approximate surface area is 196 Å². The van der Waals surface area contributed by atoms with E-state index in [1.165, 1.54) is 19.3 Å². The van der Waals surface area contributed by atoms with Gasteiger partial charge in [0.1, 0.15) is 0 Å². The van der Waals surface area contributed by atoms with Crippen LogP contribution in [0.4, 0.5) is 0 Å². The van der Waals surface area contributed by atoms with Gasteiger partial charge in [-0.1, -0.05) is 99.8 Å². The minimum absolute atomic E-state index is 0.303. The van der Waals surface area contributed by atoms with Crippen LogP contribution in [0.15, 0.2) is 60.8 Å². The molecule has 2 atom stereocenters. The molecule has 4 nitrogen and oxygen atoms in total. The molecular weight excluding hydrogens is 400 g/mol. The molecule has 0 aromatic heterocycles. The normalized spacial score (nSPS) is 14.6. The molecule has 0 aromatic rings. The van der Waals surface area contributed by atoms with Crippen molar-refractivity contribution in [1.29, 1.82) is 0 Å². The zero-order valence-corrected chi connectivity index (χ0v) is 20.1. The van der Waals surface area contributed by atoms with Gasteiger partial charge in [-0.3, -0.25) is 4.79 Å². The fourth-order valence-electron chi connectivity index (χ4n) is 3.19. The van der Waals surface area contributed by atoms with E-state index in [1.807, 2.05) is 19.1 Å². The third kappa shape index (κ3) is 24.4. The molecule has 4 heteroatoms. The molecule has 0 amide bonds. The predicted octanol–water partition coefficient (Wildman–Crippen LogP) is 7.06. The van der Waals surface area contributed by atoms with Crippen molar-refractivity contribution in [2.45, 2.75) is 109 Å². The first kappa shape index (κ1) is 30.1. The average Bonchev–Trinajstić information content (AvgIpc) is 2.75. The summed E-state index contributed by atoms with van der Waals surface area (Å²) < 4.78 is 0. The summed E-state index contributed by atoms with van der Waals surface area (Å²) in [5, 5.41) is 28.0. The molecule has 0 radical (unpaired) electrons. The lowest BCUT2D eigenvalue weighted by molar-refractivity contribution is -0.137. The fraction of sp³-hybridized carbons (Fsp3) is 0.607. The summed E-state index contributed by atoms with van der Waals surface area (Å²) in [6.45, 7) is 2.05. The van der Waals surface area contributed by atoms with Crippen molar-refractivity contribution in [2.24, 2.45) is 0 Å². The average molecular weight is 447 g/mol. The van der Waals surface area contributed by atoms with E-state index in [0.29, 0.717) is 12.8 Å². The Hall–Kier alpha value is -1.91. The van der Waals surface area contributed by atoms with Crippen LogP contribution in [0, 0.1) is 0 Å². The SMILES string of the molecule is CCCC(O)CC=CC(O)C=CCC=CCC=CCC=CCCCCCCCCC(=O)O. The van der Waals surface area contributed by atoms with Crippen molar-refractivity contribution in [3.8, 4) is 0 Å². The standard InChI is InChI=1S/C28H46O4/c1-2-21-26(29)23-20-24-27(30)22-18-16-14-12-10-8-6-4-3-5-7-9-11-13-15-17-19-25-28(31)32/h3,5-6,8,12,14,18,20,22,24,26-27,29-30H,2,4,7,9-11,13,15-17,19,21,23,25H2,1H3,(H,31,32). The van der Waals surface area contributed by atoms with E-state index in [0.717, 1.165) is 57.8 Å². The molecule has 0 aliphatic rings. The molecule has 0 bridgehead atoms. The van der Waals surface area contributed by atoms with E-state index in [9.17, 15) is 15.0 Å². The first-order valence-corrected chi connectivity index (χ1v) is 12.4. The topological polar surface area (TPSA) is 77.8 Å². The van der Waals surface area contributed by atoms with Crippen molar-refractivity contribution in [1.82, 2.24) is 0 Å². The largest absolute Gasteiger partial charge is 0.481 e. The Bertz CT molecular complexity index is 572. The van der Waals surface area contributed by atoms with Gasteiger partial charge in [-0.2, -0.15) is 0 Å². The second-order valence-electron chi connectivity index (χ2n) is 8.20. The summed E-state index contributed by atoms with van der Waals surface area (Å²) in [5.74, 6) is -0.687. The highest BCUT2D eigenvalue weighted by molar-refractivity contribution is 5.66. The molecule has 0 aromatic carbocycles. The van der Waals surface area contributed by atoms with Crippen molar-refractivity contribution in [2.75, 3.05) is 0 Å². The smallest absolute Gasteiger partial charge is 0.303 e. The minimum Gasteiger partial charge on any atom is -0.481 e. The van der Waals surface area contributed by atoms with E-state index in [-0.39, 0.29) is 6.10 Å². The Kier molecular flexibility index (Phi) is 22.3. The summed E-state index contributed by atoms with van der Waals surface area (Å²) >= 11 is 0. The Morgan fingerprint density at radius 3 is 1.88 bits per heavy atom. The summed E-state index contributed by atoms with van der Waals surface area (Å²) in [6.07, 6.45) is 32.5. The zero-order valence-electron chi connectivity index (χ0n) is 20.1. The number of carboxylic acid groups (broad SMARTS) is 1. The van der Waals surface area contributed by atoms with E-state index < -0.39 is 12.1 Å². The van der Waals surface area contributed by atoms with Crippen LogP contribution in [0.5, 0.6) is 0 Å². The highest BCUT2D eigenvalue weighted by Gasteiger charge is 1.99. The molecule has 182 valence electrons. The van der Waals surface area contributed by atoms with Crippen LogP contribution in [0.1, 0.15) is 96.8 Å². The minimum atomic E-state index is -0.687. The van der Waals surface area contributed by atoms with E-state index >= 15 is 0 Å². The lowest BCUT2D eigenvalue weighted by Gasteiger charge is -2.04. The van der Waals surface area contributed by atoms with Gasteiger partial charge in [0.2, 0.25) is 0 Å². The molecule has 3 N–H and O–H groups in total. The van der Waals surface area contributed by atoms with E-state index in [4.69, 9.17) is 5.11 Å². The van der Waals surface area contributed by atoms with Crippen LogP contribution in [0.25, 0.3) is 0 Å². The van der Waals surface area contributed by atoms with E-state index in [2.05, 4.69) is 36.5 Å². The highest BCUT2D eigenvalue weighted by atomic mass is 16.4. The number of aliphatic hydroxyl groups is 2. The number of aliphatic carboxylic acids is 1. The third-order valence-electron chi connectivity index (χ3n) is 5.02. The van der Waals surface area contributed by atoms with Crippen LogP contribution in [-0.2, 0) is 4.79 Å². The number of hydrogen-bond acceptors (Lipinski definition) is 3. The molecule has 2 unspecified atom stereocenters. The summed E-state index contributed by atoms with van der Waals surface area (Å²) in [4.78, 5) is 10.4. The number of carbonyl (C=O) groups is 1. The zero-order chi connectivity index (χ0) is 23.7. The molecule has 0 rings (SSSR count). The fourth-order valence-corrected chi connectivity index (χ4v) is 3.19.